The van der Waals surface area contributed by atoms with Gasteiger partial charge in [0.05, 0.1) is 10.9 Å². The predicted molar refractivity (Wildman–Crippen MR) is 117 cm³/mol. The Kier molecular flexibility index (Phi) is 5.90. The number of halogens is 3. The smallest absolute Gasteiger partial charge is 0.354 e. The zero-order chi connectivity index (χ0) is 22.9. The second-order valence-electron chi connectivity index (χ2n) is 8.15. The SMILES string of the molecule is CC1CCCN(c2nn(CC(=O)Nc3ccc(C(F)(F)F)cc3)c(=O)c3ccccc23)C1. The van der Waals surface area contributed by atoms with Crippen molar-refractivity contribution in [2.75, 3.05) is 23.3 Å². The number of carbonyl (C=O) groups excluding carboxylic acids is 1. The number of hydrogen-bond donors (Lipinski definition) is 1. The van der Waals surface area contributed by atoms with Crippen molar-refractivity contribution < 1.29 is 18.0 Å². The second-order valence-corrected chi connectivity index (χ2v) is 8.15. The number of nitrogens with zero attached hydrogens (tertiary/aromatic N) is 3. The molecule has 1 aliphatic rings. The molecule has 4 rings (SSSR count). The lowest BCUT2D eigenvalue weighted by Gasteiger charge is -2.32. The van der Waals surface area contributed by atoms with Crippen molar-refractivity contribution in [3.8, 4) is 0 Å². The number of anilines is 2. The summed E-state index contributed by atoms with van der Waals surface area (Å²) in [6.45, 7) is 3.45. The summed E-state index contributed by atoms with van der Waals surface area (Å²) < 4.78 is 39.3. The maximum Gasteiger partial charge on any atom is 0.416 e. The number of alkyl halides is 3. The van der Waals surface area contributed by atoms with Gasteiger partial charge < -0.3 is 10.2 Å². The van der Waals surface area contributed by atoms with E-state index >= 15 is 0 Å². The maximum absolute atomic E-state index is 12.9. The van der Waals surface area contributed by atoms with Gasteiger partial charge in [-0.15, -0.1) is 0 Å². The highest BCUT2D eigenvalue weighted by molar-refractivity contribution is 5.93. The van der Waals surface area contributed by atoms with Gasteiger partial charge in [-0.1, -0.05) is 25.1 Å². The largest absolute Gasteiger partial charge is 0.416 e. The second kappa shape index (κ2) is 8.64. The average molecular weight is 444 g/mol. The average Bonchev–Trinajstić information content (AvgIpc) is 2.75. The van der Waals surface area contributed by atoms with E-state index in [4.69, 9.17) is 0 Å². The number of aromatic nitrogens is 2. The van der Waals surface area contributed by atoms with E-state index in [0.717, 1.165) is 48.1 Å². The van der Waals surface area contributed by atoms with Crippen LogP contribution < -0.4 is 15.8 Å². The van der Waals surface area contributed by atoms with Gasteiger partial charge in [0, 0.05) is 24.2 Å². The van der Waals surface area contributed by atoms with Gasteiger partial charge in [-0.25, -0.2) is 4.68 Å². The molecular weight excluding hydrogens is 421 g/mol. The summed E-state index contributed by atoms with van der Waals surface area (Å²) in [6.07, 6.45) is -2.30. The molecule has 1 aromatic heterocycles. The van der Waals surface area contributed by atoms with Crippen LogP contribution in [0.5, 0.6) is 0 Å². The highest BCUT2D eigenvalue weighted by Crippen LogP contribution is 2.30. The monoisotopic (exact) mass is 444 g/mol. The van der Waals surface area contributed by atoms with Crippen LogP contribution in [0.3, 0.4) is 0 Å². The third-order valence-electron chi connectivity index (χ3n) is 5.59. The first kappa shape index (κ1) is 21.9. The van der Waals surface area contributed by atoms with E-state index in [0.29, 0.717) is 17.1 Å². The van der Waals surface area contributed by atoms with Crippen molar-refractivity contribution in [3.63, 3.8) is 0 Å². The van der Waals surface area contributed by atoms with Crippen molar-refractivity contribution in [2.24, 2.45) is 5.92 Å². The highest BCUT2D eigenvalue weighted by atomic mass is 19.4. The molecule has 1 amide bonds. The summed E-state index contributed by atoms with van der Waals surface area (Å²) in [4.78, 5) is 27.6. The van der Waals surface area contributed by atoms with Gasteiger partial charge in [0.1, 0.15) is 6.54 Å². The van der Waals surface area contributed by atoms with Crippen molar-refractivity contribution in [1.82, 2.24) is 9.78 Å². The summed E-state index contributed by atoms with van der Waals surface area (Å²) in [7, 11) is 0. The summed E-state index contributed by atoms with van der Waals surface area (Å²) in [5.41, 5.74) is -0.984. The number of piperidine rings is 1. The minimum absolute atomic E-state index is 0.210. The van der Waals surface area contributed by atoms with Gasteiger partial charge in [0.25, 0.3) is 5.56 Å². The van der Waals surface area contributed by atoms with Crippen LogP contribution in [0.25, 0.3) is 10.8 Å². The van der Waals surface area contributed by atoms with Crippen LogP contribution in [-0.2, 0) is 17.5 Å². The Hall–Kier alpha value is -3.36. The molecule has 0 bridgehead atoms. The topological polar surface area (TPSA) is 67.2 Å². The van der Waals surface area contributed by atoms with Gasteiger partial charge >= 0.3 is 6.18 Å². The molecule has 0 saturated carbocycles. The molecule has 0 spiro atoms. The molecule has 1 saturated heterocycles. The Morgan fingerprint density at radius 3 is 2.47 bits per heavy atom. The molecule has 32 heavy (non-hydrogen) atoms. The normalized spacial score (nSPS) is 16.9. The summed E-state index contributed by atoms with van der Waals surface area (Å²) in [5.74, 6) is 0.606. The molecule has 1 unspecified atom stereocenters. The third kappa shape index (κ3) is 4.61. The first-order valence-electron chi connectivity index (χ1n) is 10.4. The zero-order valence-corrected chi connectivity index (χ0v) is 17.5. The van der Waals surface area contributed by atoms with Gasteiger partial charge in [0.2, 0.25) is 5.91 Å². The molecule has 168 valence electrons. The Balaban J connectivity index is 1.60. The van der Waals surface area contributed by atoms with Gasteiger partial charge in [-0.3, -0.25) is 9.59 Å². The van der Waals surface area contributed by atoms with Crippen LogP contribution >= 0.6 is 0 Å². The van der Waals surface area contributed by atoms with Gasteiger partial charge in [0.15, 0.2) is 5.82 Å². The van der Waals surface area contributed by atoms with E-state index in [9.17, 15) is 22.8 Å². The quantitative estimate of drug-likeness (QED) is 0.652. The van der Waals surface area contributed by atoms with Crippen molar-refractivity contribution in [2.45, 2.75) is 32.5 Å². The van der Waals surface area contributed by atoms with Crippen LogP contribution in [0.2, 0.25) is 0 Å². The first-order valence-corrected chi connectivity index (χ1v) is 10.4. The molecule has 0 radical (unpaired) electrons. The van der Waals surface area contributed by atoms with Crippen molar-refractivity contribution in [3.05, 3.63) is 64.4 Å². The van der Waals surface area contributed by atoms with E-state index in [1.54, 1.807) is 12.1 Å². The van der Waals surface area contributed by atoms with E-state index in [1.165, 1.54) is 12.1 Å². The molecule has 0 aliphatic carbocycles. The molecule has 1 aliphatic heterocycles. The minimum Gasteiger partial charge on any atom is -0.354 e. The molecule has 2 heterocycles. The van der Waals surface area contributed by atoms with Crippen LogP contribution in [0.15, 0.2) is 53.3 Å². The fraction of sp³-hybridized carbons (Fsp3) is 0.348. The lowest BCUT2D eigenvalue weighted by atomic mass is 10.00. The minimum atomic E-state index is -4.45. The van der Waals surface area contributed by atoms with Gasteiger partial charge in [-0.05, 0) is 49.1 Å². The van der Waals surface area contributed by atoms with Crippen molar-refractivity contribution in [1.29, 1.82) is 0 Å². The Labute approximate surface area is 182 Å². The van der Waals surface area contributed by atoms with Crippen LogP contribution in [0.4, 0.5) is 24.7 Å². The van der Waals surface area contributed by atoms with Crippen LogP contribution in [0, 0.1) is 5.92 Å². The van der Waals surface area contributed by atoms with Crippen molar-refractivity contribution >= 4 is 28.2 Å². The standard InChI is InChI=1S/C23H23F3N4O2/c1-15-5-4-12-29(13-15)21-18-6-2-3-7-19(18)22(32)30(28-21)14-20(31)27-17-10-8-16(9-11-17)23(24,25)26/h2-3,6-11,15H,4-5,12-14H2,1H3,(H,27,31). The van der Waals surface area contributed by atoms with E-state index in [1.807, 2.05) is 12.1 Å². The Morgan fingerprint density at radius 1 is 1.12 bits per heavy atom. The molecule has 1 atom stereocenters. The zero-order valence-electron chi connectivity index (χ0n) is 17.5. The lowest BCUT2D eigenvalue weighted by molar-refractivity contribution is -0.137. The number of benzene rings is 2. The number of fused-ring (bicyclic) bond motifs is 1. The summed E-state index contributed by atoms with van der Waals surface area (Å²) >= 11 is 0. The van der Waals surface area contributed by atoms with Crippen LogP contribution in [-0.4, -0.2) is 28.8 Å². The van der Waals surface area contributed by atoms with E-state index in [2.05, 4.69) is 22.2 Å². The molecule has 6 nitrogen and oxygen atoms in total. The van der Waals surface area contributed by atoms with E-state index < -0.39 is 23.2 Å². The number of nitrogens with one attached hydrogen (secondary N) is 1. The Bertz CT molecular complexity index is 1190. The first-order chi connectivity index (χ1) is 15.2. The number of hydrogen-bond acceptors (Lipinski definition) is 4. The molecular formula is C23H23F3N4O2. The molecule has 9 heteroatoms. The van der Waals surface area contributed by atoms with E-state index in [-0.39, 0.29) is 12.2 Å². The molecule has 1 N–H and O–H groups in total. The molecule has 2 aromatic carbocycles. The molecule has 3 aromatic rings. The lowest BCUT2D eigenvalue weighted by Crippen LogP contribution is -2.38. The number of carbonyl (C=O) groups is 1. The number of rotatable bonds is 4. The van der Waals surface area contributed by atoms with Gasteiger partial charge in [-0.2, -0.15) is 18.3 Å². The maximum atomic E-state index is 12.9. The third-order valence-corrected chi connectivity index (χ3v) is 5.59. The summed E-state index contributed by atoms with van der Waals surface area (Å²) in [6, 6.07) is 11.3. The van der Waals surface area contributed by atoms with Crippen LogP contribution in [0.1, 0.15) is 25.3 Å². The fourth-order valence-electron chi connectivity index (χ4n) is 4.02. The Morgan fingerprint density at radius 2 is 1.81 bits per heavy atom. The molecule has 1 fully saturated rings. The highest BCUT2D eigenvalue weighted by Gasteiger charge is 2.30. The predicted octanol–water partition coefficient (Wildman–Crippen LogP) is 4.29. The summed E-state index contributed by atoms with van der Waals surface area (Å²) in [5, 5.41) is 8.25. The fourth-order valence-corrected chi connectivity index (χ4v) is 4.02. The number of amides is 1.